The molecule has 0 heterocycles. The van der Waals surface area contributed by atoms with Crippen molar-refractivity contribution < 1.29 is 0 Å². The fourth-order valence-corrected chi connectivity index (χ4v) is 2.48. The molecule has 14 heavy (non-hydrogen) atoms. The van der Waals surface area contributed by atoms with Gasteiger partial charge in [-0.2, -0.15) is 0 Å². The molecule has 2 heteroatoms. The first-order valence-electron chi connectivity index (χ1n) is 4.95. The van der Waals surface area contributed by atoms with E-state index in [2.05, 4.69) is 44.4 Å². The number of hydrogen-bond donors (Lipinski definition) is 1. The molecule has 1 aromatic carbocycles. The quantitative estimate of drug-likeness (QED) is 0.771. The third kappa shape index (κ3) is 2.52. The predicted octanol–water partition coefficient (Wildman–Crippen LogP) is 3.03. The van der Waals surface area contributed by atoms with Gasteiger partial charge < -0.3 is 5.73 Å². The molecule has 0 aliphatic heterocycles. The van der Waals surface area contributed by atoms with Crippen LogP contribution < -0.4 is 5.73 Å². The van der Waals surface area contributed by atoms with Gasteiger partial charge in [-0.15, -0.1) is 11.8 Å². The van der Waals surface area contributed by atoms with Crippen molar-refractivity contribution in [2.75, 3.05) is 12.8 Å². The molecular formula is C12H19NS. The van der Waals surface area contributed by atoms with E-state index in [9.17, 15) is 0 Å². The number of thioether (sulfide) groups is 1. The van der Waals surface area contributed by atoms with Gasteiger partial charge in [-0.05, 0) is 36.3 Å². The summed E-state index contributed by atoms with van der Waals surface area (Å²) in [5.41, 5.74) is 7.24. The summed E-state index contributed by atoms with van der Waals surface area (Å²) in [6.45, 7) is 5.26. The Balaban J connectivity index is 3.04. The van der Waals surface area contributed by atoms with Gasteiger partial charge in [-0.25, -0.2) is 0 Å². The fraction of sp³-hybridized carbons (Fsp3) is 0.500. The summed E-state index contributed by atoms with van der Waals surface area (Å²) >= 11 is 1.81. The average molecular weight is 209 g/mol. The van der Waals surface area contributed by atoms with Gasteiger partial charge in [0.1, 0.15) is 0 Å². The summed E-state index contributed by atoms with van der Waals surface area (Å²) in [6.07, 6.45) is 3.15. The Kier molecular flexibility index (Phi) is 4.02. The Hall–Kier alpha value is -0.470. The van der Waals surface area contributed by atoms with Gasteiger partial charge >= 0.3 is 0 Å². The molecule has 78 valence electrons. The number of benzene rings is 1. The maximum Gasteiger partial charge on any atom is 0.0107 e. The third-order valence-electron chi connectivity index (χ3n) is 2.61. The number of hydrogen-bond acceptors (Lipinski definition) is 2. The van der Waals surface area contributed by atoms with Crippen LogP contribution in [-0.4, -0.2) is 12.8 Å². The first-order chi connectivity index (χ1) is 6.61. The van der Waals surface area contributed by atoms with Crippen LogP contribution in [0.4, 0.5) is 0 Å². The van der Waals surface area contributed by atoms with Crippen molar-refractivity contribution in [1.29, 1.82) is 0 Å². The van der Waals surface area contributed by atoms with Crippen LogP contribution in [0.1, 0.15) is 25.8 Å². The molecule has 1 nitrogen and oxygen atoms in total. The Morgan fingerprint density at radius 3 is 2.50 bits per heavy atom. The van der Waals surface area contributed by atoms with Crippen molar-refractivity contribution in [2.45, 2.75) is 30.6 Å². The normalized spacial score (nSPS) is 11.7. The van der Waals surface area contributed by atoms with Gasteiger partial charge in [0.15, 0.2) is 0 Å². The van der Waals surface area contributed by atoms with E-state index < -0.39 is 0 Å². The lowest BCUT2D eigenvalue weighted by atomic mass is 9.81. The molecule has 1 aromatic rings. The topological polar surface area (TPSA) is 26.0 Å². The van der Waals surface area contributed by atoms with Crippen molar-refractivity contribution in [3.8, 4) is 0 Å². The minimum absolute atomic E-state index is 0.189. The van der Waals surface area contributed by atoms with E-state index in [0.717, 1.165) is 13.0 Å². The molecule has 0 radical (unpaired) electrons. The molecule has 0 aliphatic rings. The molecule has 0 aliphatic carbocycles. The second-order valence-electron chi connectivity index (χ2n) is 4.12. The van der Waals surface area contributed by atoms with Gasteiger partial charge in [0, 0.05) is 4.90 Å². The van der Waals surface area contributed by atoms with Crippen LogP contribution in [0.15, 0.2) is 29.2 Å². The van der Waals surface area contributed by atoms with Crippen LogP contribution >= 0.6 is 11.8 Å². The first-order valence-corrected chi connectivity index (χ1v) is 6.18. The third-order valence-corrected chi connectivity index (χ3v) is 3.40. The minimum atomic E-state index is 0.189. The lowest BCUT2D eigenvalue weighted by Crippen LogP contribution is -2.22. The van der Waals surface area contributed by atoms with Crippen molar-refractivity contribution in [3.05, 3.63) is 29.8 Å². The zero-order valence-corrected chi connectivity index (χ0v) is 10.0. The van der Waals surface area contributed by atoms with E-state index in [1.807, 2.05) is 11.8 Å². The summed E-state index contributed by atoms with van der Waals surface area (Å²) in [5, 5.41) is 0. The highest BCUT2D eigenvalue weighted by Gasteiger charge is 2.21. The predicted molar refractivity (Wildman–Crippen MR) is 64.9 cm³/mol. The standard InChI is InChI=1S/C12H19NS/c1-12(2,8-9-13)10-6-4-5-7-11(10)14-3/h4-7H,8-9,13H2,1-3H3. The van der Waals surface area contributed by atoms with Crippen LogP contribution in [0.5, 0.6) is 0 Å². The van der Waals surface area contributed by atoms with E-state index in [0.29, 0.717) is 0 Å². The summed E-state index contributed by atoms with van der Waals surface area (Å²) in [5.74, 6) is 0. The highest BCUT2D eigenvalue weighted by Crippen LogP contribution is 2.33. The second-order valence-corrected chi connectivity index (χ2v) is 4.97. The van der Waals surface area contributed by atoms with Crippen molar-refractivity contribution >= 4 is 11.8 Å². The van der Waals surface area contributed by atoms with Crippen LogP contribution in [0.3, 0.4) is 0 Å². The van der Waals surface area contributed by atoms with E-state index in [4.69, 9.17) is 5.73 Å². The molecule has 1 rings (SSSR count). The van der Waals surface area contributed by atoms with Gasteiger partial charge in [0.05, 0.1) is 0 Å². The molecule has 0 spiro atoms. The van der Waals surface area contributed by atoms with Gasteiger partial charge in [0.2, 0.25) is 0 Å². The molecule has 0 saturated heterocycles. The maximum atomic E-state index is 5.64. The van der Waals surface area contributed by atoms with E-state index in [1.54, 1.807) is 0 Å². The van der Waals surface area contributed by atoms with Crippen molar-refractivity contribution in [2.24, 2.45) is 5.73 Å². The highest BCUT2D eigenvalue weighted by atomic mass is 32.2. The van der Waals surface area contributed by atoms with Gasteiger partial charge in [-0.1, -0.05) is 32.0 Å². The van der Waals surface area contributed by atoms with Gasteiger partial charge in [-0.3, -0.25) is 0 Å². The summed E-state index contributed by atoms with van der Waals surface area (Å²) in [4.78, 5) is 1.37. The Bertz CT molecular complexity index is 294. The number of nitrogens with two attached hydrogens (primary N) is 1. The summed E-state index contributed by atoms with van der Waals surface area (Å²) < 4.78 is 0. The average Bonchev–Trinajstić information content (AvgIpc) is 2.18. The molecule has 0 saturated carbocycles. The molecule has 0 atom stereocenters. The van der Waals surface area contributed by atoms with E-state index in [1.165, 1.54) is 10.5 Å². The Labute approximate surface area is 91.1 Å². The molecule has 0 aromatic heterocycles. The van der Waals surface area contributed by atoms with Crippen molar-refractivity contribution in [3.63, 3.8) is 0 Å². The highest BCUT2D eigenvalue weighted by molar-refractivity contribution is 7.98. The van der Waals surface area contributed by atoms with E-state index in [-0.39, 0.29) is 5.41 Å². The van der Waals surface area contributed by atoms with Crippen molar-refractivity contribution in [1.82, 2.24) is 0 Å². The maximum absolute atomic E-state index is 5.64. The largest absolute Gasteiger partial charge is 0.330 e. The minimum Gasteiger partial charge on any atom is -0.330 e. The summed E-state index contributed by atoms with van der Waals surface area (Å²) in [7, 11) is 0. The molecule has 0 bridgehead atoms. The Morgan fingerprint density at radius 1 is 1.29 bits per heavy atom. The monoisotopic (exact) mass is 209 g/mol. The molecular weight excluding hydrogens is 190 g/mol. The zero-order chi connectivity index (χ0) is 10.6. The lowest BCUT2D eigenvalue weighted by Gasteiger charge is -2.26. The fourth-order valence-electron chi connectivity index (χ4n) is 1.70. The van der Waals surface area contributed by atoms with Crippen LogP contribution in [0, 0.1) is 0 Å². The van der Waals surface area contributed by atoms with Crippen LogP contribution in [0.2, 0.25) is 0 Å². The van der Waals surface area contributed by atoms with E-state index >= 15 is 0 Å². The SMILES string of the molecule is CSc1ccccc1C(C)(C)CCN. The zero-order valence-electron chi connectivity index (χ0n) is 9.21. The summed E-state index contributed by atoms with van der Waals surface area (Å²) in [6, 6.07) is 8.58. The van der Waals surface area contributed by atoms with Gasteiger partial charge in [0.25, 0.3) is 0 Å². The lowest BCUT2D eigenvalue weighted by molar-refractivity contribution is 0.479. The first kappa shape index (κ1) is 11.6. The smallest absolute Gasteiger partial charge is 0.0107 e. The van der Waals surface area contributed by atoms with Crippen LogP contribution in [0.25, 0.3) is 0 Å². The molecule has 2 N–H and O–H groups in total. The Morgan fingerprint density at radius 2 is 1.93 bits per heavy atom. The molecule has 0 unspecified atom stereocenters. The molecule has 0 amide bonds. The molecule has 0 fully saturated rings. The van der Waals surface area contributed by atoms with Crippen LogP contribution in [-0.2, 0) is 5.41 Å². The second kappa shape index (κ2) is 4.85. The number of rotatable bonds is 4.